The van der Waals surface area contributed by atoms with Crippen LogP contribution >= 0.6 is 0 Å². The number of nitrogens with two attached hydrogens (primary N) is 1. The molecule has 7 nitrogen and oxygen atoms in total. The number of nitro groups is 1. The van der Waals surface area contributed by atoms with Gasteiger partial charge >= 0.3 is 0 Å². The molecule has 0 fully saturated rings. The third-order valence-corrected chi connectivity index (χ3v) is 2.73. The molecule has 2 rings (SSSR count). The van der Waals surface area contributed by atoms with Crippen molar-refractivity contribution < 1.29 is 9.66 Å². The Morgan fingerprint density at radius 2 is 2.10 bits per heavy atom. The van der Waals surface area contributed by atoms with Crippen molar-refractivity contribution in [3.05, 3.63) is 51.5 Å². The SMILES string of the molecule is Cc1cc(N)nc(COc2cccc([N+](=O)[O-])c2C)n1. The smallest absolute Gasteiger partial charge is 0.276 e. The van der Waals surface area contributed by atoms with E-state index in [2.05, 4.69) is 9.97 Å². The van der Waals surface area contributed by atoms with Crippen LogP contribution in [0.25, 0.3) is 0 Å². The predicted molar refractivity (Wildman–Crippen MR) is 73.3 cm³/mol. The number of aryl methyl sites for hydroxylation is 1. The van der Waals surface area contributed by atoms with Crippen molar-refractivity contribution in [3.8, 4) is 5.75 Å². The second kappa shape index (κ2) is 5.52. The molecule has 7 heteroatoms. The first kappa shape index (κ1) is 13.7. The largest absolute Gasteiger partial charge is 0.485 e. The molecule has 104 valence electrons. The van der Waals surface area contributed by atoms with E-state index in [4.69, 9.17) is 10.5 Å². The molecule has 0 unspecified atom stereocenters. The van der Waals surface area contributed by atoms with Crippen LogP contribution < -0.4 is 10.5 Å². The summed E-state index contributed by atoms with van der Waals surface area (Å²) >= 11 is 0. The fourth-order valence-corrected chi connectivity index (χ4v) is 1.82. The Kier molecular flexibility index (Phi) is 3.79. The summed E-state index contributed by atoms with van der Waals surface area (Å²) in [7, 11) is 0. The molecular weight excluding hydrogens is 260 g/mol. The van der Waals surface area contributed by atoms with E-state index in [1.807, 2.05) is 0 Å². The number of ether oxygens (including phenoxy) is 1. The zero-order valence-corrected chi connectivity index (χ0v) is 11.2. The van der Waals surface area contributed by atoms with Crippen molar-refractivity contribution in [1.82, 2.24) is 9.97 Å². The average Bonchev–Trinajstić information content (AvgIpc) is 2.36. The maximum Gasteiger partial charge on any atom is 0.276 e. The second-order valence-corrected chi connectivity index (χ2v) is 4.30. The van der Waals surface area contributed by atoms with Crippen LogP contribution in [-0.4, -0.2) is 14.9 Å². The van der Waals surface area contributed by atoms with Crippen molar-refractivity contribution >= 4 is 11.5 Å². The first-order valence-electron chi connectivity index (χ1n) is 5.94. The summed E-state index contributed by atoms with van der Waals surface area (Å²) < 4.78 is 5.54. The van der Waals surface area contributed by atoms with Gasteiger partial charge in [0.05, 0.1) is 10.5 Å². The Balaban J connectivity index is 2.19. The Hall–Kier alpha value is -2.70. The van der Waals surface area contributed by atoms with E-state index in [-0.39, 0.29) is 12.3 Å². The first-order chi connectivity index (χ1) is 9.47. The summed E-state index contributed by atoms with van der Waals surface area (Å²) in [6, 6.07) is 6.33. The molecule has 0 saturated heterocycles. The number of rotatable bonds is 4. The van der Waals surface area contributed by atoms with Gasteiger partial charge in [-0.25, -0.2) is 9.97 Å². The van der Waals surface area contributed by atoms with Crippen LogP contribution in [-0.2, 0) is 6.61 Å². The van der Waals surface area contributed by atoms with Crippen molar-refractivity contribution in [1.29, 1.82) is 0 Å². The minimum atomic E-state index is -0.441. The molecule has 0 bridgehead atoms. The topological polar surface area (TPSA) is 104 Å². The highest BCUT2D eigenvalue weighted by Crippen LogP contribution is 2.27. The van der Waals surface area contributed by atoms with Crippen LogP contribution in [0.2, 0.25) is 0 Å². The molecule has 20 heavy (non-hydrogen) atoms. The zero-order chi connectivity index (χ0) is 14.7. The molecule has 1 aromatic heterocycles. The lowest BCUT2D eigenvalue weighted by atomic mass is 10.2. The van der Waals surface area contributed by atoms with E-state index in [1.54, 1.807) is 32.0 Å². The highest BCUT2D eigenvalue weighted by molar-refractivity contribution is 5.48. The summed E-state index contributed by atoms with van der Waals surface area (Å²) in [4.78, 5) is 18.6. The summed E-state index contributed by atoms with van der Waals surface area (Å²) in [5.41, 5.74) is 6.86. The van der Waals surface area contributed by atoms with Crippen molar-refractivity contribution in [2.45, 2.75) is 20.5 Å². The summed E-state index contributed by atoms with van der Waals surface area (Å²) in [6.45, 7) is 3.55. The van der Waals surface area contributed by atoms with Crippen molar-refractivity contribution in [2.24, 2.45) is 0 Å². The second-order valence-electron chi connectivity index (χ2n) is 4.30. The van der Waals surface area contributed by atoms with E-state index in [9.17, 15) is 10.1 Å². The number of anilines is 1. The number of nitrogens with zero attached hydrogens (tertiary/aromatic N) is 3. The molecule has 2 N–H and O–H groups in total. The quantitative estimate of drug-likeness (QED) is 0.676. The molecule has 0 aliphatic carbocycles. The standard InChI is InChI=1S/C13H14N4O3/c1-8-6-12(14)16-13(15-8)7-20-11-5-3-4-10(9(11)2)17(18)19/h3-6H,7H2,1-2H3,(H2,14,15,16). The minimum absolute atomic E-state index is 0.0205. The number of nitrogen functional groups attached to an aromatic ring is 1. The fraction of sp³-hybridized carbons (Fsp3) is 0.231. The van der Waals surface area contributed by atoms with Gasteiger partial charge in [0.1, 0.15) is 18.2 Å². The summed E-state index contributed by atoms with van der Waals surface area (Å²) in [5, 5.41) is 10.8. The fourth-order valence-electron chi connectivity index (χ4n) is 1.82. The Morgan fingerprint density at radius 3 is 2.75 bits per heavy atom. The van der Waals surface area contributed by atoms with Gasteiger partial charge in [0.25, 0.3) is 5.69 Å². The number of hydrogen-bond acceptors (Lipinski definition) is 6. The average molecular weight is 274 g/mol. The first-order valence-corrected chi connectivity index (χ1v) is 5.94. The lowest BCUT2D eigenvalue weighted by molar-refractivity contribution is -0.385. The molecule has 1 heterocycles. The third-order valence-electron chi connectivity index (χ3n) is 2.73. The van der Waals surface area contributed by atoms with E-state index < -0.39 is 4.92 Å². The molecule has 0 aliphatic heterocycles. The summed E-state index contributed by atoms with van der Waals surface area (Å²) in [6.07, 6.45) is 0. The van der Waals surface area contributed by atoms with Crippen LogP contribution in [0.15, 0.2) is 24.3 Å². The van der Waals surface area contributed by atoms with Crippen LogP contribution in [0, 0.1) is 24.0 Å². The van der Waals surface area contributed by atoms with Gasteiger partial charge < -0.3 is 10.5 Å². The zero-order valence-electron chi connectivity index (χ0n) is 11.2. The number of nitro benzene ring substituents is 1. The lowest BCUT2D eigenvalue weighted by Crippen LogP contribution is -2.06. The Labute approximate surface area is 115 Å². The van der Waals surface area contributed by atoms with Gasteiger partial charge in [-0.05, 0) is 19.9 Å². The van der Waals surface area contributed by atoms with Gasteiger partial charge in [0, 0.05) is 17.8 Å². The Bertz CT molecular complexity index is 638. The van der Waals surface area contributed by atoms with Gasteiger partial charge in [-0.1, -0.05) is 6.07 Å². The number of aromatic nitrogens is 2. The molecule has 1 aromatic carbocycles. The highest BCUT2D eigenvalue weighted by Gasteiger charge is 2.14. The molecule has 0 spiro atoms. The van der Waals surface area contributed by atoms with Crippen LogP contribution in [0.1, 0.15) is 17.1 Å². The van der Waals surface area contributed by atoms with Gasteiger partial charge in [-0.15, -0.1) is 0 Å². The maximum atomic E-state index is 10.8. The molecule has 0 amide bonds. The van der Waals surface area contributed by atoms with Gasteiger partial charge in [0.15, 0.2) is 5.82 Å². The van der Waals surface area contributed by atoms with Gasteiger partial charge in [-0.2, -0.15) is 0 Å². The maximum absolute atomic E-state index is 10.8. The van der Waals surface area contributed by atoms with Crippen molar-refractivity contribution in [2.75, 3.05) is 5.73 Å². The molecular formula is C13H14N4O3. The summed E-state index contributed by atoms with van der Waals surface area (Å²) in [5.74, 6) is 1.24. The third kappa shape index (κ3) is 3.00. The molecule has 0 atom stereocenters. The van der Waals surface area contributed by atoms with E-state index in [0.29, 0.717) is 23.0 Å². The van der Waals surface area contributed by atoms with E-state index in [0.717, 1.165) is 5.69 Å². The van der Waals surface area contributed by atoms with E-state index in [1.165, 1.54) is 6.07 Å². The molecule has 0 aliphatic rings. The molecule has 0 radical (unpaired) electrons. The monoisotopic (exact) mass is 274 g/mol. The van der Waals surface area contributed by atoms with Crippen LogP contribution in [0.5, 0.6) is 5.75 Å². The molecule has 0 saturated carbocycles. The van der Waals surface area contributed by atoms with Crippen LogP contribution in [0.4, 0.5) is 11.5 Å². The van der Waals surface area contributed by atoms with E-state index >= 15 is 0 Å². The minimum Gasteiger partial charge on any atom is -0.485 e. The predicted octanol–water partition coefficient (Wildman–Crippen LogP) is 2.16. The normalized spacial score (nSPS) is 10.3. The Morgan fingerprint density at radius 1 is 1.35 bits per heavy atom. The van der Waals surface area contributed by atoms with Gasteiger partial charge in [-0.3, -0.25) is 10.1 Å². The van der Waals surface area contributed by atoms with Gasteiger partial charge in [0.2, 0.25) is 0 Å². The number of benzene rings is 1. The highest BCUT2D eigenvalue weighted by atomic mass is 16.6. The number of hydrogen-bond donors (Lipinski definition) is 1. The molecule has 2 aromatic rings. The van der Waals surface area contributed by atoms with Crippen molar-refractivity contribution in [3.63, 3.8) is 0 Å². The lowest BCUT2D eigenvalue weighted by Gasteiger charge is -2.09. The van der Waals surface area contributed by atoms with Crippen LogP contribution in [0.3, 0.4) is 0 Å².